The molecule has 1 atom stereocenters. The van der Waals surface area contributed by atoms with E-state index in [4.69, 9.17) is 0 Å². The summed E-state index contributed by atoms with van der Waals surface area (Å²) in [5.41, 5.74) is 1.03. The van der Waals surface area contributed by atoms with E-state index in [1.807, 2.05) is 30.3 Å². The molecule has 1 unspecified atom stereocenters. The Hall–Kier alpha value is -2.37. The van der Waals surface area contributed by atoms with E-state index in [2.05, 4.69) is 30.8 Å². The Kier molecular flexibility index (Phi) is 14.9. The molecule has 0 aliphatic rings. The van der Waals surface area contributed by atoms with E-state index in [-0.39, 0.29) is 23.7 Å². The molecule has 2 amide bonds. The van der Waals surface area contributed by atoms with Gasteiger partial charge in [0.25, 0.3) is 0 Å². The lowest BCUT2D eigenvalue weighted by molar-refractivity contribution is -0.142. The number of carbonyl (C=O) groups excluding carboxylic acids is 3. The van der Waals surface area contributed by atoms with Gasteiger partial charge in [-0.3, -0.25) is 14.4 Å². The van der Waals surface area contributed by atoms with Crippen LogP contribution >= 0.6 is 0 Å². The Morgan fingerprint density at radius 1 is 0.939 bits per heavy atom. The van der Waals surface area contributed by atoms with Crippen LogP contribution in [0, 0.1) is 5.92 Å². The lowest BCUT2D eigenvalue weighted by Gasteiger charge is -2.32. The van der Waals surface area contributed by atoms with Crippen LogP contribution in [0.25, 0.3) is 0 Å². The van der Waals surface area contributed by atoms with Crippen LogP contribution in [-0.2, 0) is 25.7 Å². The van der Waals surface area contributed by atoms with Crippen LogP contribution < -0.4 is 5.32 Å². The molecule has 0 saturated heterocycles. The van der Waals surface area contributed by atoms with E-state index in [9.17, 15) is 14.4 Å². The number of nitrogens with one attached hydrogen (secondary N) is 1. The van der Waals surface area contributed by atoms with E-state index in [1.54, 1.807) is 4.90 Å². The molecule has 6 heteroatoms. The second-order valence-corrected chi connectivity index (χ2v) is 9.14. The van der Waals surface area contributed by atoms with E-state index in [1.165, 1.54) is 7.11 Å². The molecular weight excluding hydrogens is 416 g/mol. The first kappa shape index (κ1) is 28.7. The van der Waals surface area contributed by atoms with Gasteiger partial charge in [-0.2, -0.15) is 0 Å². The summed E-state index contributed by atoms with van der Waals surface area (Å²) in [5, 5.41) is 3.04. The zero-order valence-corrected chi connectivity index (χ0v) is 21.1. The maximum atomic E-state index is 13.2. The highest BCUT2D eigenvalue weighted by atomic mass is 16.5. The van der Waals surface area contributed by atoms with Gasteiger partial charge in [0.05, 0.1) is 7.11 Å². The summed E-state index contributed by atoms with van der Waals surface area (Å²) < 4.78 is 4.66. The second-order valence-electron chi connectivity index (χ2n) is 9.14. The third-order valence-corrected chi connectivity index (χ3v) is 5.72. The highest BCUT2D eigenvalue weighted by Crippen LogP contribution is 2.18. The minimum atomic E-state index is -0.487. The summed E-state index contributed by atoms with van der Waals surface area (Å²) in [6.07, 6.45) is 8.02. The van der Waals surface area contributed by atoms with Gasteiger partial charge in [0.2, 0.25) is 11.8 Å². The number of carbonyl (C=O) groups is 3. The number of hydrogen-bond donors (Lipinski definition) is 1. The molecule has 0 aromatic heterocycles. The monoisotopic (exact) mass is 460 g/mol. The lowest BCUT2D eigenvalue weighted by atomic mass is 9.99. The number of unbranched alkanes of at least 4 members (excludes halogenated alkanes) is 5. The fourth-order valence-electron chi connectivity index (χ4n) is 3.82. The van der Waals surface area contributed by atoms with Gasteiger partial charge in [-0.1, -0.05) is 76.8 Å². The quantitative estimate of drug-likeness (QED) is 0.254. The van der Waals surface area contributed by atoms with E-state index >= 15 is 0 Å². The van der Waals surface area contributed by atoms with Crippen molar-refractivity contribution in [1.82, 2.24) is 10.2 Å². The summed E-state index contributed by atoms with van der Waals surface area (Å²) in [7, 11) is 1.39. The predicted octanol–water partition coefficient (Wildman–Crippen LogP) is 5.25. The van der Waals surface area contributed by atoms with E-state index < -0.39 is 6.04 Å². The molecule has 0 radical (unpaired) electrons. The van der Waals surface area contributed by atoms with Crippen LogP contribution in [0.4, 0.5) is 0 Å². The average molecular weight is 461 g/mol. The van der Waals surface area contributed by atoms with Gasteiger partial charge < -0.3 is 15.0 Å². The van der Waals surface area contributed by atoms with Crippen molar-refractivity contribution < 1.29 is 19.1 Å². The molecule has 0 heterocycles. The fraction of sp³-hybridized carbons (Fsp3) is 0.667. The van der Waals surface area contributed by atoms with Crippen molar-refractivity contribution in [3.05, 3.63) is 35.9 Å². The number of benzene rings is 1. The molecule has 1 rings (SSSR count). The fourth-order valence-corrected chi connectivity index (χ4v) is 3.82. The van der Waals surface area contributed by atoms with Gasteiger partial charge in [0, 0.05) is 25.9 Å². The number of amides is 2. The summed E-state index contributed by atoms with van der Waals surface area (Å²) in [5.74, 6) is 0.0420. The number of nitrogens with zero attached hydrogens (tertiary/aromatic N) is 1. The van der Waals surface area contributed by atoms with Crippen molar-refractivity contribution in [2.45, 2.75) is 97.6 Å². The van der Waals surface area contributed by atoms with Gasteiger partial charge in [-0.05, 0) is 37.2 Å². The number of rotatable bonds is 17. The number of esters is 1. The van der Waals surface area contributed by atoms with E-state index in [0.717, 1.165) is 50.5 Å². The number of hydrogen-bond acceptors (Lipinski definition) is 4. The SMILES string of the molecule is CCCCCCC(=O)N(Cc1ccccc1)C(CC(C)C)C(=O)NCCCCCC(=O)OC. The smallest absolute Gasteiger partial charge is 0.305 e. The molecule has 6 nitrogen and oxygen atoms in total. The molecule has 0 spiro atoms. The van der Waals surface area contributed by atoms with Gasteiger partial charge in [-0.15, -0.1) is 0 Å². The Balaban J connectivity index is 2.80. The molecule has 33 heavy (non-hydrogen) atoms. The molecule has 186 valence electrons. The van der Waals surface area contributed by atoms with Crippen LogP contribution in [0.3, 0.4) is 0 Å². The highest BCUT2D eigenvalue weighted by Gasteiger charge is 2.30. The summed E-state index contributed by atoms with van der Waals surface area (Å²) in [6.45, 7) is 7.30. The molecular formula is C27H44N2O4. The first-order valence-electron chi connectivity index (χ1n) is 12.6. The minimum absolute atomic E-state index is 0.0498. The predicted molar refractivity (Wildman–Crippen MR) is 132 cm³/mol. The van der Waals surface area contributed by atoms with Crippen molar-refractivity contribution in [3.63, 3.8) is 0 Å². The third kappa shape index (κ3) is 12.4. The maximum Gasteiger partial charge on any atom is 0.305 e. The first-order chi connectivity index (χ1) is 15.9. The average Bonchev–Trinajstić information content (AvgIpc) is 2.81. The Morgan fingerprint density at radius 2 is 1.61 bits per heavy atom. The molecule has 0 bridgehead atoms. The van der Waals surface area contributed by atoms with Gasteiger partial charge >= 0.3 is 5.97 Å². The normalized spacial score (nSPS) is 11.8. The van der Waals surface area contributed by atoms with Crippen molar-refractivity contribution in [1.29, 1.82) is 0 Å². The molecule has 1 N–H and O–H groups in total. The van der Waals surface area contributed by atoms with Crippen LogP contribution in [-0.4, -0.2) is 42.4 Å². The molecule has 0 saturated carbocycles. The number of methoxy groups -OCH3 is 1. The van der Waals surface area contributed by atoms with Crippen molar-refractivity contribution in [2.24, 2.45) is 5.92 Å². The summed E-state index contributed by atoms with van der Waals surface area (Å²) >= 11 is 0. The van der Waals surface area contributed by atoms with E-state index in [0.29, 0.717) is 32.4 Å². The lowest BCUT2D eigenvalue weighted by Crippen LogP contribution is -2.50. The van der Waals surface area contributed by atoms with Crippen molar-refractivity contribution in [3.8, 4) is 0 Å². The largest absolute Gasteiger partial charge is 0.469 e. The van der Waals surface area contributed by atoms with Crippen LogP contribution in [0.15, 0.2) is 30.3 Å². The molecule has 0 aliphatic carbocycles. The molecule has 0 fully saturated rings. The maximum absolute atomic E-state index is 13.2. The van der Waals surface area contributed by atoms with Crippen molar-refractivity contribution >= 4 is 17.8 Å². The Labute approximate surface area is 200 Å². The second kappa shape index (κ2) is 17.2. The summed E-state index contributed by atoms with van der Waals surface area (Å²) in [4.78, 5) is 39.4. The molecule has 1 aromatic carbocycles. The Morgan fingerprint density at radius 3 is 2.24 bits per heavy atom. The van der Waals surface area contributed by atoms with Gasteiger partial charge in [-0.25, -0.2) is 0 Å². The zero-order valence-electron chi connectivity index (χ0n) is 21.1. The molecule has 0 aliphatic heterocycles. The first-order valence-corrected chi connectivity index (χ1v) is 12.6. The molecule has 1 aromatic rings. The zero-order chi connectivity index (χ0) is 24.5. The van der Waals surface area contributed by atoms with Crippen molar-refractivity contribution in [2.75, 3.05) is 13.7 Å². The van der Waals surface area contributed by atoms with Crippen LogP contribution in [0.2, 0.25) is 0 Å². The van der Waals surface area contributed by atoms with Gasteiger partial charge in [0.1, 0.15) is 6.04 Å². The minimum Gasteiger partial charge on any atom is -0.469 e. The van der Waals surface area contributed by atoms with Crippen LogP contribution in [0.1, 0.15) is 90.5 Å². The highest BCUT2D eigenvalue weighted by molar-refractivity contribution is 5.87. The topological polar surface area (TPSA) is 75.7 Å². The standard InChI is InChI=1S/C27H44N2O4/c1-5-6-7-12-17-25(30)29(21-23-15-10-8-11-16-23)24(20-22(2)3)27(32)28-19-14-9-13-18-26(31)33-4/h8,10-11,15-16,22,24H,5-7,9,12-14,17-21H2,1-4H3,(H,28,32). The summed E-state index contributed by atoms with van der Waals surface area (Å²) in [6, 6.07) is 9.40. The van der Waals surface area contributed by atoms with Gasteiger partial charge in [0.15, 0.2) is 0 Å². The van der Waals surface area contributed by atoms with Crippen LogP contribution in [0.5, 0.6) is 0 Å². The number of ether oxygens (including phenoxy) is 1. The third-order valence-electron chi connectivity index (χ3n) is 5.72. The Bertz CT molecular complexity index is 691.